The Hall–Kier alpha value is -1.59. The number of hydrogen-bond donors (Lipinski definition) is 0. The molecule has 1 aliphatic heterocycles. The Bertz CT molecular complexity index is 598. The van der Waals surface area contributed by atoms with Crippen molar-refractivity contribution >= 4 is 11.3 Å². The van der Waals surface area contributed by atoms with Crippen LogP contribution in [0.15, 0.2) is 35.8 Å². The lowest BCUT2D eigenvalue weighted by Gasteiger charge is -2.08. The number of rotatable bonds is 7. The van der Waals surface area contributed by atoms with Gasteiger partial charge in [0.05, 0.1) is 6.04 Å². The van der Waals surface area contributed by atoms with Crippen LogP contribution in [0.25, 0.3) is 0 Å². The first-order valence-corrected chi connectivity index (χ1v) is 8.29. The highest BCUT2D eigenvalue weighted by Gasteiger charge is 2.38. The van der Waals surface area contributed by atoms with Crippen LogP contribution in [0.3, 0.4) is 0 Å². The maximum Gasteiger partial charge on any atom is 0.278 e. The first kappa shape index (κ1) is 13.1. The molecule has 1 saturated heterocycles. The van der Waals surface area contributed by atoms with E-state index in [0.717, 1.165) is 24.0 Å². The standard InChI is InChI=1S/C16H18N2O2S/c1-2-14(8-15(3-1)20-16-17-6-7-21-16)19-11-13-10-18(13)9-12-4-5-12/h1-3,6-8,12-13H,4-5,9-11H2. The predicted octanol–water partition coefficient (Wildman–Crippen LogP) is 3.41. The minimum absolute atomic E-state index is 0.606. The molecule has 4 rings (SSSR count). The van der Waals surface area contributed by atoms with Crippen LogP contribution < -0.4 is 9.47 Å². The van der Waals surface area contributed by atoms with Crippen molar-refractivity contribution in [3.05, 3.63) is 35.8 Å². The molecule has 2 unspecified atom stereocenters. The quantitative estimate of drug-likeness (QED) is 0.734. The Labute approximate surface area is 128 Å². The zero-order chi connectivity index (χ0) is 14.1. The molecular weight excluding hydrogens is 284 g/mol. The summed E-state index contributed by atoms with van der Waals surface area (Å²) >= 11 is 1.48. The van der Waals surface area contributed by atoms with E-state index in [-0.39, 0.29) is 0 Å². The van der Waals surface area contributed by atoms with Crippen molar-refractivity contribution in [2.24, 2.45) is 5.92 Å². The summed E-state index contributed by atoms with van der Waals surface area (Å²) in [7, 11) is 0. The number of hydrogen-bond acceptors (Lipinski definition) is 5. The van der Waals surface area contributed by atoms with Crippen LogP contribution in [-0.2, 0) is 0 Å². The largest absolute Gasteiger partial charge is 0.492 e. The molecular formula is C16H18N2O2S. The summed E-state index contributed by atoms with van der Waals surface area (Å²) in [6.07, 6.45) is 4.57. The van der Waals surface area contributed by atoms with Crippen molar-refractivity contribution in [2.45, 2.75) is 18.9 Å². The molecule has 2 aromatic rings. The second-order valence-electron chi connectivity index (χ2n) is 5.74. The lowest BCUT2D eigenvalue weighted by molar-refractivity contribution is 0.291. The van der Waals surface area contributed by atoms with Gasteiger partial charge >= 0.3 is 0 Å². The van der Waals surface area contributed by atoms with Crippen LogP contribution in [-0.4, -0.2) is 35.6 Å². The summed E-state index contributed by atoms with van der Waals surface area (Å²) in [5.41, 5.74) is 0. The molecule has 2 aliphatic rings. The Balaban J connectivity index is 1.29. The molecule has 1 aromatic heterocycles. The number of ether oxygens (including phenoxy) is 2. The molecule has 5 heteroatoms. The van der Waals surface area contributed by atoms with Crippen molar-refractivity contribution in [3.8, 4) is 16.7 Å². The second-order valence-corrected chi connectivity index (χ2v) is 6.59. The molecule has 2 fully saturated rings. The number of nitrogens with zero attached hydrogens (tertiary/aromatic N) is 2. The summed E-state index contributed by atoms with van der Waals surface area (Å²) in [5.74, 6) is 2.60. The van der Waals surface area contributed by atoms with Gasteiger partial charge in [-0.05, 0) is 30.9 Å². The zero-order valence-electron chi connectivity index (χ0n) is 11.8. The highest BCUT2D eigenvalue weighted by atomic mass is 32.1. The van der Waals surface area contributed by atoms with Crippen molar-refractivity contribution in [1.82, 2.24) is 9.88 Å². The lowest BCUT2D eigenvalue weighted by atomic mass is 10.3. The Morgan fingerprint density at radius 2 is 2.19 bits per heavy atom. The molecule has 2 atom stereocenters. The van der Waals surface area contributed by atoms with Crippen LogP contribution in [0, 0.1) is 5.92 Å². The van der Waals surface area contributed by atoms with Gasteiger partial charge in [0, 0.05) is 30.7 Å². The lowest BCUT2D eigenvalue weighted by Crippen LogP contribution is -2.12. The average molecular weight is 302 g/mol. The molecule has 1 aromatic carbocycles. The van der Waals surface area contributed by atoms with Gasteiger partial charge in [-0.2, -0.15) is 0 Å². The fraction of sp³-hybridized carbons (Fsp3) is 0.438. The van der Waals surface area contributed by atoms with Crippen molar-refractivity contribution in [2.75, 3.05) is 19.7 Å². The third kappa shape index (κ3) is 3.54. The van der Waals surface area contributed by atoms with Gasteiger partial charge in [0.15, 0.2) is 0 Å². The van der Waals surface area contributed by atoms with E-state index in [0.29, 0.717) is 11.2 Å². The Morgan fingerprint density at radius 3 is 3.00 bits per heavy atom. The van der Waals surface area contributed by atoms with E-state index in [9.17, 15) is 0 Å². The highest BCUT2D eigenvalue weighted by molar-refractivity contribution is 7.11. The van der Waals surface area contributed by atoms with Crippen LogP contribution in [0.2, 0.25) is 0 Å². The van der Waals surface area contributed by atoms with Crippen LogP contribution in [0.1, 0.15) is 12.8 Å². The van der Waals surface area contributed by atoms with Gasteiger partial charge in [0.2, 0.25) is 0 Å². The van der Waals surface area contributed by atoms with E-state index in [1.165, 1.54) is 37.3 Å². The molecule has 4 nitrogen and oxygen atoms in total. The normalized spacial score (nSPS) is 23.8. The summed E-state index contributed by atoms with van der Waals surface area (Å²) in [4.78, 5) is 6.63. The van der Waals surface area contributed by atoms with Gasteiger partial charge in [-0.25, -0.2) is 4.98 Å². The van der Waals surface area contributed by atoms with E-state index < -0.39 is 0 Å². The topological polar surface area (TPSA) is 34.4 Å². The fourth-order valence-electron chi connectivity index (χ4n) is 2.42. The third-order valence-electron chi connectivity index (χ3n) is 3.88. The summed E-state index contributed by atoms with van der Waals surface area (Å²) in [6, 6.07) is 8.38. The number of thiazole rings is 1. The zero-order valence-corrected chi connectivity index (χ0v) is 12.6. The van der Waals surface area contributed by atoms with Gasteiger partial charge in [0.1, 0.15) is 18.1 Å². The fourth-order valence-corrected chi connectivity index (χ4v) is 2.92. The molecule has 0 N–H and O–H groups in total. The monoisotopic (exact) mass is 302 g/mol. The summed E-state index contributed by atoms with van der Waals surface area (Å²) < 4.78 is 11.6. The molecule has 1 aliphatic carbocycles. The van der Waals surface area contributed by atoms with Crippen molar-refractivity contribution < 1.29 is 9.47 Å². The van der Waals surface area contributed by atoms with Gasteiger partial charge in [-0.1, -0.05) is 17.4 Å². The van der Waals surface area contributed by atoms with E-state index in [1.54, 1.807) is 6.20 Å². The van der Waals surface area contributed by atoms with Gasteiger partial charge in [-0.3, -0.25) is 4.90 Å². The highest BCUT2D eigenvalue weighted by Crippen LogP contribution is 2.34. The van der Waals surface area contributed by atoms with E-state index in [2.05, 4.69) is 9.88 Å². The smallest absolute Gasteiger partial charge is 0.278 e. The molecule has 1 saturated carbocycles. The number of benzene rings is 1. The summed E-state index contributed by atoms with van der Waals surface area (Å²) in [5, 5.41) is 2.56. The predicted molar refractivity (Wildman–Crippen MR) is 82.2 cm³/mol. The van der Waals surface area contributed by atoms with Gasteiger partial charge in [-0.15, -0.1) is 0 Å². The summed E-state index contributed by atoms with van der Waals surface area (Å²) in [6.45, 7) is 3.22. The van der Waals surface area contributed by atoms with E-state index >= 15 is 0 Å². The third-order valence-corrected chi connectivity index (χ3v) is 4.53. The first-order valence-electron chi connectivity index (χ1n) is 7.41. The molecule has 0 radical (unpaired) electrons. The number of aromatic nitrogens is 1. The minimum atomic E-state index is 0.606. The Kier molecular flexibility index (Phi) is 3.53. The van der Waals surface area contributed by atoms with E-state index in [1.807, 2.05) is 29.6 Å². The van der Waals surface area contributed by atoms with E-state index in [4.69, 9.17) is 9.47 Å². The molecule has 0 spiro atoms. The Morgan fingerprint density at radius 1 is 1.29 bits per heavy atom. The van der Waals surface area contributed by atoms with Crippen LogP contribution >= 0.6 is 11.3 Å². The first-order chi connectivity index (χ1) is 10.4. The maximum atomic E-state index is 5.88. The molecule has 110 valence electrons. The van der Waals surface area contributed by atoms with Crippen LogP contribution in [0.5, 0.6) is 16.7 Å². The molecule has 0 bridgehead atoms. The van der Waals surface area contributed by atoms with Crippen molar-refractivity contribution in [1.29, 1.82) is 0 Å². The second kappa shape index (κ2) is 5.66. The molecule has 2 heterocycles. The van der Waals surface area contributed by atoms with Gasteiger partial charge in [0.25, 0.3) is 5.19 Å². The van der Waals surface area contributed by atoms with Crippen molar-refractivity contribution in [3.63, 3.8) is 0 Å². The maximum absolute atomic E-state index is 5.88. The molecule has 21 heavy (non-hydrogen) atoms. The SMILES string of the molecule is c1cc(OCC2CN2CC2CC2)cc(Oc2nccs2)c1. The molecule has 0 amide bonds. The minimum Gasteiger partial charge on any atom is -0.492 e. The average Bonchev–Trinajstić information content (AvgIpc) is 3.40. The van der Waals surface area contributed by atoms with Gasteiger partial charge < -0.3 is 9.47 Å². The van der Waals surface area contributed by atoms with Crippen LogP contribution in [0.4, 0.5) is 0 Å².